The van der Waals surface area contributed by atoms with Crippen LogP contribution in [0.15, 0.2) is 0 Å². The molecule has 0 aromatic rings. The van der Waals surface area contributed by atoms with Crippen molar-refractivity contribution in [1.82, 2.24) is 0 Å². The van der Waals surface area contributed by atoms with E-state index in [1.807, 2.05) is 13.8 Å². The maximum atomic E-state index is 12.8. The third-order valence-corrected chi connectivity index (χ3v) is 3.61. The molecule has 0 unspecified atom stereocenters. The molecule has 0 radical (unpaired) electrons. The van der Waals surface area contributed by atoms with E-state index in [0.29, 0.717) is 5.41 Å². The summed E-state index contributed by atoms with van der Waals surface area (Å²) in [4.78, 5) is 0. The van der Waals surface area contributed by atoms with Crippen molar-refractivity contribution in [3.63, 3.8) is 0 Å². The van der Waals surface area contributed by atoms with Crippen molar-refractivity contribution in [2.75, 3.05) is 0 Å². The highest BCUT2D eigenvalue weighted by molar-refractivity contribution is 4.96. The van der Waals surface area contributed by atoms with E-state index in [9.17, 15) is 8.78 Å². The molecule has 0 atom stereocenters. The average molecular weight is 204 g/mol. The van der Waals surface area contributed by atoms with E-state index in [2.05, 4.69) is 6.92 Å². The van der Waals surface area contributed by atoms with Gasteiger partial charge in [-0.15, -0.1) is 0 Å². The lowest BCUT2D eigenvalue weighted by Crippen LogP contribution is -2.41. The summed E-state index contributed by atoms with van der Waals surface area (Å²) in [6, 6.07) is 0. The van der Waals surface area contributed by atoms with Gasteiger partial charge in [-0.05, 0) is 37.0 Å². The van der Waals surface area contributed by atoms with Gasteiger partial charge in [0.1, 0.15) is 0 Å². The highest BCUT2D eigenvalue weighted by Gasteiger charge is 2.48. The van der Waals surface area contributed by atoms with Crippen molar-refractivity contribution in [3.05, 3.63) is 0 Å². The zero-order valence-corrected chi connectivity index (χ0v) is 9.58. The Hall–Kier alpha value is -0.140. The monoisotopic (exact) mass is 204 g/mol. The molecule has 0 amide bonds. The van der Waals surface area contributed by atoms with Crippen LogP contribution in [0.4, 0.5) is 8.78 Å². The lowest BCUT2D eigenvalue weighted by atomic mass is 9.56. The molecule has 0 aromatic carbocycles. The predicted molar refractivity (Wildman–Crippen MR) is 55.6 cm³/mol. The number of hydrogen-bond acceptors (Lipinski definition) is 0. The van der Waals surface area contributed by atoms with Gasteiger partial charge in [0.2, 0.25) is 5.92 Å². The van der Waals surface area contributed by atoms with Crippen molar-refractivity contribution in [1.29, 1.82) is 0 Å². The molecule has 14 heavy (non-hydrogen) atoms. The van der Waals surface area contributed by atoms with Crippen molar-refractivity contribution >= 4 is 0 Å². The normalized spacial score (nSPS) is 28.9. The smallest absolute Gasteiger partial charge is 0.207 e. The third kappa shape index (κ3) is 2.46. The molecule has 1 spiro atoms. The predicted octanol–water partition coefficient (Wildman–Crippen LogP) is 4.64. The van der Waals surface area contributed by atoms with Gasteiger partial charge in [0, 0.05) is 12.8 Å². The summed E-state index contributed by atoms with van der Waals surface area (Å²) in [5.74, 6) is -1.55. The van der Waals surface area contributed by atoms with Gasteiger partial charge in [0.25, 0.3) is 0 Å². The van der Waals surface area contributed by atoms with Gasteiger partial charge in [-0.1, -0.05) is 20.8 Å². The molecule has 2 saturated carbocycles. The Morgan fingerprint density at radius 3 is 1.71 bits per heavy atom. The zero-order valence-electron chi connectivity index (χ0n) is 9.58. The lowest BCUT2D eigenvalue weighted by molar-refractivity contribution is -0.0988. The topological polar surface area (TPSA) is 0 Å². The van der Waals surface area contributed by atoms with Crippen molar-refractivity contribution < 1.29 is 8.78 Å². The maximum Gasteiger partial charge on any atom is 0.248 e. The zero-order chi connectivity index (χ0) is 10.8. The Balaban J connectivity index is 0.000000461. The van der Waals surface area contributed by atoms with Crippen LogP contribution in [-0.2, 0) is 0 Å². The first-order chi connectivity index (χ1) is 6.52. The summed E-state index contributed by atoms with van der Waals surface area (Å²) in [5.41, 5.74) is 0.348. The van der Waals surface area contributed by atoms with E-state index in [1.54, 1.807) is 0 Å². The minimum Gasteiger partial charge on any atom is -0.207 e. The Bertz CT molecular complexity index is 169. The minimum absolute atomic E-state index is 0.139. The summed E-state index contributed by atoms with van der Waals surface area (Å²) in [7, 11) is 0. The largest absolute Gasteiger partial charge is 0.248 e. The molecule has 0 saturated heterocycles. The summed E-state index contributed by atoms with van der Waals surface area (Å²) in [5, 5.41) is 0. The molecular formula is C12H22F2. The van der Waals surface area contributed by atoms with Gasteiger partial charge in [-0.3, -0.25) is 0 Å². The second-order valence-electron chi connectivity index (χ2n) is 4.87. The fourth-order valence-corrected chi connectivity index (χ4v) is 2.97. The first-order valence-corrected chi connectivity index (χ1v) is 5.89. The fraction of sp³-hybridized carbons (Fsp3) is 1.00. The minimum atomic E-state index is -2.34. The SMILES string of the molecule is CC.CC1CC2(CCC(F)(F)CC2)C1. The van der Waals surface area contributed by atoms with Gasteiger partial charge < -0.3 is 0 Å². The molecule has 2 rings (SSSR count). The van der Waals surface area contributed by atoms with Gasteiger partial charge in [0.05, 0.1) is 0 Å². The van der Waals surface area contributed by atoms with E-state index in [-0.39, 0.29) is 12.8 Å². The van der Waals surface area contributed by atoms with Gasteiger partial charge in [-0.25, -0.2) is 8.78 Å². The second-order valence-corrected chi connectivity index (χ2v) is 4.87. The molecule has 84 valence electrons. The molecule has 2 aliphatic rings. The highest BCUT2D eigenvalue weighted by Crippen LogP contribution is 2.56. The third-order valence-electron chi connectivity index (χ3n) is 3.61. The van der Waals surface area contributed by atoms with Crippen LogP contribution < -0.4 is 0 Å². The van der Waals surface area contributed by atoms with Crippen molar-refractivity contribution in [2.45, 2.75) is 65.2 Å². The Labute approximate surface area is 86.1 Å². The quantitative estimate of drug-likeness (QED) is 0.539. The van der Waals surface area contributed by atoms with Crippen LogP contribution in [0.1, 0.15) is 59.3 Å². The molecule has 0 heterocycles. The first kappa shape index (κ1) is 11.9. The van der Waals surface area contributed by atoms with E-state index >= 15 is 0 Å². The van der Waals surface area contributed by atoms with E-state index in [0.717, 1.165) is 18.8 Å². The molecule has 2 aliphatic carbocycles. The van der Waals surface area contributed by atoms with Gasteiger partial charge in [0.15, 0.2) is 0 Å². The van der Waals surface area contributed by atoms with Gasteiger partial charge in [-0.2, -0.15) is 0 Å². The van der Waals surface area contributed by atoms with Crippen LogP contribution in [0.5, 0.6) is 0 Å². The van der Waals surface area contributed by atoms with Crippen LogP contribution in [0.3, 0.4) is 0 Å². The molecule has 2 fully saturated rings. The summed E-state index contributed by atoms with van der Waals surface area (Å²) in [6.45, 7) is 6.22. The Kier molecular flexibility index (Phi) is 3.54. The summed E-state index contributed by atoms with van der Waals surface area (Å²) >= 11 is 0. The number of halogens is 2. The molecule has 2 heteroatoms. The van der Waals surface area contributed by atoms with E-state index in [4.69, 9.17) is 0 Å². The molecular weight excluding hydrogens is 182 g/mol. The van der Waals surface area contributed by atoms with Crippen LogP contribution in [0.25, 0.3) is 0 Å². The van der Waals surface area contributed by atoms with Crippen molar-refractivity contribution in [3.8, 4) is 0 Å². The summed E-state index contributed by atoms with van der Waals surface area (Å²) in [6.07, 6.45) is 4.21. The standard InChI is InChI=1S/C10H16F2.C2H6/c1-8-6-9(7-8)2-4-10(11,12)5-3-9;1-2/h8H,2-7H2,1H3;1-2H3. The summed E-state index contributed by atoms with van der Waals surface area (Å²) < 4.78 is 25.6. The van der Waals surface area contributed by atoms with E-state index in [1.165, 1.54) is 12.8 Å². The molecule has 0 aliphatic heterocycles. The molecule has 0 nitrogen and oxygen atoms in total. The molecule has 0 bridgehead atoms. The van der Waals surface area contributed by atoms with Crippen LogP contribution in [-0.4, -0.2) is 5.92 Å². The van der Waals surface area contributed by atoms with Crippen molar-refractivity contribution in [2.24, 2.45) is 11.3 Å². The Morgan fingerprint density at radius 1 is 0.929 bits per heavy atom. The van der Waals surface area contributed by atoms with Crippen LogP contribution in [0, 0.1) is 11.3 Å². The van der Waals surface area contributed by atoms with Crippen LogP contribution >= 0.6 is 0 Å². The maximum absolute atomic E-state index is 12.8. The highest BCUT2D eigenvalue weighted by atomic mass is 19.3. The number of rotatable bonds is 0. The van der Waals surface area contributed by atoms with E-state index < -0.39 is 5.92 Å². The second kappa shape index (κ2) is 4.16. The average Bonchev–Trinajstić information content (AvgIpc) is 2.11. The molecule has 0 aromatic heterocycles. The Morgan fingerprint density at radius 2 is 1.36 bits per heavy atom. The lowest BCUT2D eigenvalue weighted by Gasteiger charge is -2.50. The first-order valence-electron chi connectivity index (χ1n) is 5.89. The van der Waals surface area contributed by atoms with Crippen LogP contribution in [0.2, 0.25) is 0 Å². The molecule has 0 N–H and O–H groups in total. The number of hydrogen-bond donors (Lipinski definition) is 0. The number of alkyl halides is 2. The van der Waals surface area contributed by atoms with Gasteiger partial charge >= 0.3 is 0 Å². The fourth-order valence-electron chi connectivity index (χ4n) is 2.97.